The van der Waals surface area contributed by atoms with Gasteiger partial charge in [-0.05, 0) is 57.7 Å². The maximum absolute atomic E-state index is 13.7. The summed E-state index contributed by atoms with van der Waals surface area (Å²) in [5.41, 5.74) is 9.68. The monoisotopic (exact) mass is 472 g/mol. The van der Waals surface area contributed by atoms with Gasteiger partial charge in [-0.25, -0.2) is 9.97 Å². The smallest absolute Gasteiger partial charge is 0.260 e. The molecule has 0 radical (unpaired) electrons. The molecule has 35 heavy (non-hydrogen) atoms. The zero-order chi connectivity index (χ0) is 24.3. The molecule has 1 amide bonds. The Morgan fingerprint density at radius 1 is 1.11 bits per heavy atom. The second-order valence-corrected chi connectivity index (χ2v) is 10.1. The van der Waals surface area contributed by atoms with E-state index in [1.165, 1.54) is 0 Å². The lowest BCUT2D eigenvalue weighted by atomic mass is 10.0. The van der Waals surface area contributed by atoms with Gasteiger partial charge >= 0.3 is 0 Å². The molecule has 0 aliphatic carbocycles. The van der Waals surface area contributed by atoms with E-state index in [1.54, 1.807) is 4.90 Å². The number of carbonyl (C=O) groups excluding carboxylic acids is 1. The van der Waals surface area contributed by atoms with Crippen molar-refractivity contribution in [2.75, 3.05) is 16.3 Å². The van der Waals surface area contributed by atoms with Crippen LogP contribution in [0.5, 0.6) is 0 Å². The van der Waals surface area contributed by atoms with Gasteiger partial charge in [0.25, 0.3) is 5.91 Å². The van der Waals surface area contributed by atoms with Gasteiger partial charge in [-0.15, -0.1) is 10.2 Å². The summed E-state index contributed by atoms with van der Waals surface area (Å²) < 4.78 is 2.17. The number of anilines is 2. The van der Waals surface area contributed by atoms with Crippen molar-refractivity contribution in [3.63, 3.8) is 0 Å². The van der Waals surface area contributed by atoms with Crippen molar-refractivity contribution in [3.05, 3.63) is 46.9 Å². The summed E-state index contributed by atoms with van der Waals surface area (Å²) in [7, 11) is 0. The molecule has 6 heterocycles. The average Bonchev–Trinajstić information content (AvgIpc) is 3.64. The molecular weight excluding hydrogens is 440 g/mol. The number of aromatic nitrogens is 5. The Morgan fingerprint density at radius 2 is 1.97 bits per heavy atom. The summed E-state index contributed by atoms with van der Waals surface area (Å²) in [6.45, 7) is 7.83. The number of hydrogen-bond acceptors (Lipinski definition) is 7. The van der Waals surface area contributed by atoms with E-state index in [-0.39, 0.29) is 11.9 Å². The van der Waals surface area contributed by atoms with E-state index in [0.717, 1.165) is 73.1 Å². The Labute approximate surface area is 205 Å². The van der Waals surface area contributed by atoms with Gasteiger partial charge in [0.15, 0.2) is 5.82 Å². The average molecular weight is 473 g/mol. The van der Waals surface area contributed by atoms with Crippen LogP contribution in [0, 0.1) is 0 Å². The molecule has 3 aliphatic heterocycles. The van der Waals surface area contributed by atoms with Crippen LogP contribution in [0.25, 0.3) is 11.5 Å². The van der Waals surface area contributed by atoms with Crippen LogP contribution in [0.2, 0.25) is 0 Å². The van der Waals surface area contributed by atoms with Gasteiger partial charge in [0.05, 0.1) is 17.8 Å². The van der Waals surface area contributed by atoms with Crippen molar-refractivity contribution in [3.8, 4) is 11.5 Å². The molecule has 1 fully saturated rings. The first-order valence-electron chi connectivity index (χ1n) is 12.7. The number of amides is 1. The van der Waals surface area contributed by atoms with Crippen LogP contribution in [-0.2, 0) is 13.0 Å². The van der Waals surface area contributed by atoms with Crippen LogP contribution in [-0.4, -0.2) is 43.2 Å². The Bertz CT molecular complexity index is 1300. The molecule has 3 unspecified atom stereocenters. The third-order valence-corrected chi connectivity index (χ3v) is 7.81. The van der Waals surface area contributed by atoms with Crippen LogP contribution in [0.4, 0.5) is 11.6 Å². The summed E-state index contributed by atoms with van der Waals surface area (Å²) in [5.74, 6) is 3.18. The largest absolute Gasteiger partial charge is 0.354 e. The molecule has 3 aromatic heterocycles. The fourth-order valence-corrected chi connectivity index (χ4v) is 5.71. The quantitative estimate of drug-likeness (QED) is 0.602. The van der Waals surface area contributed by atoms with Crippen molar-refractivity contribution in [2.24, 2.45) is 5.73 Å². The zero-order valence-electron chi connectivity index (χ0n) is 20.6. The lowest BCUT2D eigenvalue weighted by Crippen LogP contribution is -2.28. The van der Waals surface area contributed by atoms with Gasteiger partial charge in [0.2, 0.25) is 0 Å². The fourth-order valence-electron chi connectivity index (χ4n) is 5.71. The van der Waals surface area contributed by atoms with Gasteiger partial charge in [-0.3, -0.25) is 9.69 Å². The number of fused-ring (bicyclic) bond motifs is 2. The van der Waals surface area contributed by atoms with E-state index in [9.17, 15) is 4.79 Å². The van der Waals surface area contributed by atoms with Gasteiger partial charge < -0.3 is 15.2 Å². The highest BCUT2D eigenvalue weighted by atomic mass is 16.2. The molecular formula is C26H32N8O. The Balaban J connectivity index is 1.38. The molecule has 0 aromatic carbocycles. The number of carbonyl (C=O) groups is 1. The van der Waals surface area contributed by atoms with Gasteiger partial charge in [0.1, 0.15) is 23.2 Å². The molecule has 3 aliphatic rings. The minimum atomic E-state index is -0.214. The summed E-state index contributed by atoms with van der Waals surface area (Å²) in [6.07, 6.45) is 5.02. The maximum Gasteiger partial charge on any atom is 0.260 e. The van der Waals surface area contributed by atoms with Crippen molar-refractivity contribution in [1.82, 2.24) is 24.7 Å². The van der Waals surface area contributed by atoms with Crippen molar-refractivity contribution >= 4 is 17.5 Å². The predicted octanol–water partition coefficient (Wildman–Crippen LogP) is 3.80. The molecule has 0 saturated carbocycles. The lowest BCUT2D eigenvalue weighted by molar-refractivity contribution is 0.0996. The molecule has 9 nitrogen and oxygen atoms in total. The third-order valence-electron chi connectivity index (χ3n) is 7.81. The minimum Gasteiger partial charge on any atom is -0.354 e. The van der Waals surface area contributed by atoms with Crippen LogP contribution < -0.4 is 15.5 Å². The maximum atomic E-state index is 13.7. The number of nitrogens with zero attached hydrogens (tertiary/aromatic N) is 7. The molecule has 0 bridgehead atoms. The first-order valence-corrected chi connectivity index (χ1v) is 12.7. The molecule has 9 heteroatoms. The Hall–Kier alpha value is -3.33. The normalized spacial score (nSPS) is 22.1. The van der Waals surface area contributed by atoms with Crippen LogP contribution >= 0.6 is 0 Å². The fraction of sp³-hybridized carbons (Fsp3) is 0.500. The van der Waals surface area contributed by atoms with E-state index >= 15 is 0 Å². The second-order valence-electron chi connectivity index (χ2n) is 10.1. The number of pyridine rings is 2. The summed E-state index contributed by atoms with van der Waals surface area (Å²) in [5, 5.41) is 8.77. The molecule has 2 N–H and O–H groups in total. The standard InChI is InChI=1S/C26H32N8O/c1-4-19(27)24-18-14-33(26(35)17(18)13-23(29-24)32-12-6-7-15(32)2)21-9-5-8-20(28-21)25-31-30-22-11-10-16(3)34(22)25/h5,8-9,13,15-16,19H,4,6-7,10-12,14,27H2,1-3H3. The zero-order valence-corrected chi connectivity index (χ0v) is 20.6. The van der Waals surface area contributed by atoms with E-state index in [0.29, 0.717) is 30.0 Å². The molecule has 6 rings (SSSR count). The molecule has 182 valence electrons. The first kappa shape index (κ1) is 22.2. The van der Waals surface area contributed by atoms with E-state index in [4.69, 9.17) is 15.7 Å². The lowest BCUT2D eigenvalue weighted by Gasteiger charge is -2.25. The highest BCUT2D eigenvalue weighted by Crippen LogP contribution is 2.36. The number of rotatable bonds is 5. The number of nitrogens with two attached hydrogens (primary N) is 1. The predicted molar refractivity (Wildman–Crippen MR) is 134 cm³/mol. The summed E-state index contributed by atoms with van der Waals surface area (Å²) in [4.78, 5) is 27.6. The SMILES string of the molecule is CCC(N)c1nc(N2CCCC2C)cc2c1CN(c1cccc(-c3nnc4n3C(C)CC4)n1)C2=O. The highest BCUT2D eigenvalue weighted by molar-refractivity contribution is 6.10. The number of hydrogen-bond donors (Lipinski definition) is 1. The topological polar surface area (TPSA) is 106 Å². The summed E-state index contributed by atoms with van der Waals surface area (Å²) >= 11 is 0. The molecule has 3 aromatic rings. The highest BCUT2D eigenvalue weighted by Gasteiger charge is 2.36. The van der Waals surface area contributed by atoms with Gasteiger partial charge in [0, 0.05) is 36.7 Å². The third kappa shape index (κ3) is 3.52. The van der Waals surface area contributed by atoms with Gasteiger partial charge in [-0.2, -0.15) is 0 Å². The Kier molecular flexibility index (Phi) is 5.32. The van der Waals surface area contributed by atoms with E-state index < -0.39 is 0 Å². The van der Waals surface area contributed by atoms with Gasteiger partial charge in [-0.1, -0.05) is 13.0 Å². The van der Waals surface area contributed by atoms with E-state index in [2.05, 4.69) is 40.4 Å². The molecule has 3 atom stereocenters. The summed E-state index contributed by atoms with van der Waals surface area (Å²) in [6, 6.07) is 8.25. The van der Waals surface area contributed by atoms with Crippen LogP contribution in [0.15, 0.2) is 24.3 Å². The van der Waals surface area contributed by atoms with Crippen molar-refractivity contribution in [1.29, 1.82) is 0 Å². The minimum absolute atomic E-state index is 0.0513. The molecule has 0 spiro atoms. The molecule has 1 saturated heterocycles. The van der Waals surface area contributed by atoms with Crippen LogP contribution in [0.3, 0.4) is 0 Å². The van der Waals surface area contributed by atoms with Crippen molar-refractivity contribution < 1.29 is 4.79 Å². The Morgan fingerprint density at radius 3 is 2.74 bits per heavy atom. The first-order chi connectivity index (χ1) is 17.0. The second kappa shape index (κ2) is 8.41. The van der Waals surface area contributed by atoms with E-state index in [1.807, 2.05) is 24.3 Å². The van der Waals surface area contributed by atoms with Crippen LogP contribution in [0.1, 0.15) is 86.0 Å². The number of aryl methyl sites for hydroxylation is 1. The van der Waals surface area contributed by atoms with Crippen molar-refractivity contribution in [2.45, 2.75) is 77.5 Å².